The third kappa shape index (κ3) is 4.21. The molecule has 0 spiro atoms. The van der Waals surface area contributed by atoms with Crippen LogP contribution < -0.4 is 10.6 Å². The smallest absolute Gasteiger partial charge is 0.411 e. The Morgan fingerprint density at radius 3 is 1.41 bits per heavy atom. The highest BCUT2D eigenvalue weighted by Crippen LogP contribution is 2.32. The summed E-state index contributed by atoms with van der Waals surface area (Å²) < 4.78 is 9.65. The molecule has 2 saturated heterocycles. The average molecular weight is 380 g/mol. The fourth-order valence-electron chi connectivity index (χ4n) is 2.60. The summed E-state index contributed by atoms with van der Waals surface area (Å²) in [6.07, 6.45) is -1.62. The van der Waals surface area contributed by atoms with Gasteiger partial charge in [0.25, 0.3) is 0 Å². The lowest BCUT2D eigenvalue weighted by Gasteiger charge is -2.25. The SMILES string of the molecule is C.CCOC(=O)NC1=C(N2CC2)C(=O)C(NC(=O)OCC)=C(N2CC2)C1=O. The van der Waals surface area contributed by atoms with Gasteiger partial charge < -0.3 is 19.3 Å². The van der Waals surface area contributed by atoms with E-state index in [4.69, 9.17) is 9.47 Å². The zero-order valence-electron chi connectivity index (χ0n) is 14.6. The van der Waals surface area contributed by atoms with Crippen LogP contribution in [0, 0.1) is 0 Å². The second-order valence-corrected chi connectivity index (χ2v) is 5.77. The van der Waals surface area contributed by atoms with Gasteiger partial charge in [0, 0.05) is 26.2 Å². The number of amides is 2. The zero-order chi connectivity index (χ0) is 18.8. The molecule has 0 bridgehead atoms. The van der Waals surface area contributed by atoms with E-state index in [0.29, 0.717) is 26.2 Å². The number of Topliss-reactive ketones (excluding diaryl/α,β-unsaturated/α-hetero) is 2. The summed E-state index contributed by atoms with van der Waals surface area (Å²) in [5, 5.41) is 4.77. The summed E-state index contributed by atoms with van der Waals surface area (Å²) in [4.78, 5) is 52.9. The Morgan fingerprint density at radius 2 is 1.15 bits per heavy atom. The molecule has 0 aromatic rings. The van der Waals surface area contributed by atoms with Crippen LogP contribution in [0.25, 0.3) is 0 Å². The normalized spacial score (nSPS) is 18.1. The number of nitrogens with one attached hydrogen (secondary N) is 2. The molecule has 0 unspecified atom stereocenters. The molecule has 1 aliphatic carbocycles. The van der Waals surface area contributed by atoms with Crippen LogP contribution in [0.4, 0.5) is 9.59 Å². The second kappa shape index (κ2) is 8.11. The molecule has 2 amide bonds. The van der Waals surface area contributed by atoms with Crippen molar-refractivity contribution >= 4 is 23.8 Å². The van der Waals surface area contributed by atoms with Gasteiger partial charge in [0.15, 0.2) is 0 Å². The van der Waals surface area contributed by atoms with Crippen LogP contribution in [0.5, 0.6) is 0 Å². The van der Waals surface area contributed by atoms with E-state index in [0.717, 1.165) is 0 Å². The maximum Gasteiger partial charge on any atom is 0.411 e. The van der Waals surface area contributed by atoms with Crippen LogP contribution in [-0.4, -0.2) is 72.9 Å². The van der Waals surface area contributed by atoms with Crippen molar-refractivity contribution in [2.45, 2.75) is 21.3 Å². The van der Waals surface area contributed by atoms with E-state index < -0.39 is 23.8 Å². The summed E-state index contributed by atoms with van der Waals surface area (Å²) in [5.74, 6) is -1.08. The van der Waals surface area contributed by atoms with Gasteiger partial charge in [-0.05, 0) is 13.8 Å². The molecule has 2 heterocycles. The minimum absolute atomic E-state index is 0. The van der Waals surface area contributed by atoms with E-state index in [1.54, 1.807) is 23.6 Å². The highest BCUT2D eigenvalue weighted by molar-refractivity contribution is 6.25. The second-order valence-electron chi connectivity index (χ2n) is 5.77. The average Bonchev–Trinajstić information content (AvgIpc) is 3.45. The molecule has 27 heavy (non-hydrogen) atoms. The van der Waals surface area contributed by atoms with Crippen molar-refractivity contribution in [2.75, 3.05) is 39.4 Å². The maximum atomic E-state index is 13.0. The van der Waals surface area contributed by atoms with Crippen LogP contribution in [0.2, 0.25) is 0 Å². The molecule has 0 saturated carbocycles. The fourth-order valence-corrected chi connectivity index (χ4v) is 2.60. The van der Waals surface area contributed by atoms with Crippen molar-refractivity contribution in [3.8, 4) is 0 Å². The van der Waals surface area contributed by atoms with Gasteiger partial charge in [0.05, 0.1) is 13.2 Å². The van der Waals surface area contributed by atoms with Crippen LogP contribution >= 0.6 is 0 Å². The number of nitrogens with zero attached hydrogens (tertiary/aromatic N) is 2. The number of alkyl carbamates (subject to hydrolysis) is 2. The van der Waals surface area contributed by atoms with Gasteiger partial charge in [-0.15, -0.1) is 0 Å². The minimum Gasteiger partial charge on any atom is -0.450 e. The molecular weight excluding hydrogens is 356 g/mol. The molecule has 0 atom stereocenters. The predicted molar refractivity (Wildman–Crippen MR) is 94.3 cm³/mol. The van der Waals surface area contributed by atoms with Crippen LogP contribution in [0.15, 0.2) is 22.8 Å². The first-order valence-electron chi connectivity index (χ1n) is 8.43. The highest BCUT2D eigenvalue weighted by Gasteiger charge is 2.45. The zero-order valence-corrected chi connectivity index (χ0v) is 14.6. The van der Waals surface area contributed by atoms with Gasteiger partial charge in [-0.25, -0.2) is 9.59 Å². The maximum absolute atomic E-state index is 13.0. The lowest BCUT2D eigenvalue weighted by Crippen LogP contribution is -2.43. The standard InChI is InChI=1S/C16H20N4O6.CH4/c1-3-25-15(23)17-9-11(19-5-6-19)14(22)10(18-16(24)26-4-2)12(13(9)21)20-7-8-20;/h3-8H2,1-2H3,(H,17,23)(H,18,24);1H4. The molecular formula is C17H24N4O6. The lowest BCUT2D eigenvalue weighted by atomic mass is 9.98. The van der Waals surface area contributed by atoms with Crippen molar-refractivity contribution in [3.63, 3.8) is 0 Å². The van der Waals surface area contributed by atoms with E-state index >= 15 is 0 Å². The first-order chi connectivity index (χ1) is 12.5. The molecule has 10 heteroatoms. The topological polar surface area (TPSA) is 117 Å². The highest BCUT2D eigenvalue weighted by atomic mass is 16.6. The Labute approximate surface area is 157 Å². The van der Waals surface area contributed by atoms with E-state index in [9.17, 15) is 19.2 Å². The van der Waals surface area contributed by atoms with Gasteiger partial charge in [-0.1, -0.05) is 7.43 Å². The third-order valence-electron chi connectivity index (χ3n) is 3.89. The molecule has 3 aliphatic rings. The molecule has 10 nitrogen and oxygen atoms in total. The largest absolute Gasteiger partial charge is 0.450 e. The van der Waals surface area contributed by atoms with Gasteiger partial charge in [0.1, 0.15) is 22.8 Å². The number of rotatable bonds is 6. The molecule has 0 radical (unpaired) electrons. The lowest BCUT2D eigenvalue weighted by molar-refractivity contribution is -0.118. The molecule has 148 valence electrons. The Hall–Kier alpha value is -3.04. The molecule has 0 aromatic carbocycles. The van der Waals surface area contributed by atoms with Gasteiger partial charge in [0.2, 0.25) is 11.6 Å². The molecule has 3 rings (SSSR count). The Bertz CT molecular complexity index is 672. The van der Waals surface area contributed by atoms with Crippen molar-refractivity contribution in [2.24, 2.45) is 0 Å². The summed E-state index contributed by atoms with van der Waals surface area (Å²) in [5.41, 5.74) is -0.134. The van der Waals surface area contributed by atoms with Gasteiger partial charge in [-0.3, -0.25) is 20.2 Å². The Kier molecular flexibility index (Phi) is 6.09. The van der Waals surface area contributed by atoms with Crippen LogP contribution in [-0.2, 0) is 19.1 Å². The van der Waals surface area contributed by atoms with E-state index in [1.165, 1.54) is 0 Å². The Morgan fingerprint density at radius 1 is 0.815 bits per heavy atom. The van der Waals surface area contributed by atoms with Crippen LogP contribution in [0.1, 0.15) is 21.3 Å². The number of carbonyl (C=O) groups is 4. The number of carbonyl (C=O) groups excluding carboxylic acids is 4. The van der Waals surface area contributed by atoms with E-state index in [1.807, 2.05) is 0 Å². The first kappa shape index (κ1) is 20.3. The van der Waals surface area contributed by atoms with Crippen molar-refractivity contribution in [1.82, 2.24) is 20.4 Å². The predicted octanol–water partition coefficient (Wildman–Crippen LogP) is 0.321. The van der Waals surface area contributed by atoms with Crippen LogP contribution in [0.3, 0.4) is 0 Å². The minimum atomic E-state index is -0.810. The molecule has 2 aliphatic heterocycles. The molecule has 2 fully saturated rings. The number of ether oxygens (including phenoxy) is 2. The number of hydrogen-bond acceptors (Lipinski definition) is 8. The van der Waals surface area contributed by atoms with E-state index in [-0.39, 0.29) is 43.4 Å². The number of hydrogen-bond donors (Lipinski definition) is 2. The van der Waals surface area contributed by atoms with Gasteiger partial charge in [-0.2, -0.15) is 0 Å². The summed E-state index contributed by atoms with van der Waals surface area (Å²) in [6.45, 7) is 5.84. The third-order valence-corrected chi connectivity index (χ3v) is 3.89. The fraction of sp³-hybridized carbons (Fsp3) is 0.529. The van der Waals surface area contributed by atoms with Crippen molar-refractivity contribution in [1.29, 1.82) is 0 Å². The van der Waals surface area contributed by atoms with Gasteiger partial charge >= 0.3 is 12.2 Å². The molecule has 2 N–H and O–H groups in total. The number of ketones is 2. The summed E-state index contributed by atoms with van der Waals surface area (Å²) in [7, 11) is 0. The molecule has 0 aromatic heterocycles. The quantitative estimate of drug-likeness (QED) is 0.500. The first-order valence-corrected chi connectivity index (χ1v) is 8.43. The van der Waals surface area contributed by atoms with Crippen molar-refractivity contribution in [3.05, 3.63) is 22.8 Å². The summed E-state index contributed by atoms with van der Waals surface area (Å²) in [6, 6.07) is 0. The summed E-state index contributed by atoms with van der Waals surface area (Å²) >= 11 is 0. The van der Waals surface area contributed by atoms with E-state index in [2.05, 4.69) is 10.6 Å². The van der Waals surface area contributed by atoms with Crippen molar-refractivity contribution < 1.29 is 28.7 Å². The Balaban J connectivity index is 0.00000261. The monoisotopic (exact) mass is 380 g/mol.